The molecular weight excluding hydrogens is 516 g/mol. The van der Waals surface area contributed by atoms with Crippen LogP contribution in [-0.2, 0) is 5.41 Å². The Bertz CT molecular complexity index is 2010. The molecule has 1 aliphatic rings. The minimum absolute atomic E-state index is 0.0533. The SMILES string of the molecule is CC1(C)c2cc(Br)ccc2-c2ccc(-c3cc4ccc5cccc6c5c4c(c3)n6-c3cccnc3)cc21. The molecule has 2 aromatic heterocycles. The Kier molecular flexibility index (Phi) is 4.18. The molecule has 2 heterocycles. The van der Waals surface area contributed by atoms with Crippen molar-refractivity contribution in [3.8, 4) is 27.9 Å². The summed E-state index contributed by atoms with van der Waals surface area (Å²) in [4.78, 5) is 4.44. The Balaban J connectivity index is 1.41. The van der Waals surface area contributed by atoms with Gasteiger partial charge in [0.25, 0.3) is 0 Å². The molecule has 0 saturated carbocycles. The van der Waals surface area contributed by atoms with E-state index in [1.807, 2.05) is 18.5 Å². The molecule has 1 aliphatic carbocycles. The number of aromatic nitrogens is 2. The Hall–Kier alpha value is -3.95. The Labute approximate surface area is 223 Å². The van der Waals surface area contributed by atoms with Crippen molar-refractivity contribution in [2.45, 2.75) is 19.3 Å². The second-order valence-corrected chi connectivity index (χ2v) is 11.6. The molecule has 37 heavy (non-hydrogen) atoms. The van der Waals surface area contributed by atoms with Crippen LogP contribution >= 0.6 is 15.9 Å². The van der Waals surface area contributed by atoms with Gasteiger partial charge in [0.2, 0.25) is 0 Å². The highest BCUT2D eigenvalue weighted by molar-refractivity contribution is 9.10. The third-order valence-corrected chi connectivity index (χ3v) is 8.77. The molecule has 176 valence electrons. The normalized spacial score (nSPS) is 14.0. The lowest BCUT2D eigenvalue weighted by atomic mass is 9.81. The minimum atomic E-state index is -0.0533. The summed E-state index contributed by atoms with van der Waals surface area (Å²) >= 11 is 3.68. The second-order valence-electron chi connectivity index (χ2n) is 10.7. The summed E-state index contributed by atoms with van der Waals surface area (Å²) in [5.74, 6) is 0. The first-order valence-corrected chi connectivity index (χ1v) is 13.4. The second kappa shape index (κ2) is 7.30. The fraction of sp³-hybridized carbons (Fsp3) is 0.0882. The van der Waals surface area contributed by atoms with Gasteiger partial charge in [-0.05, 0) is 92.7 Å². The maximum Gasteiger partial charge on any atom is 0.0645 e. The average Bonchev–Trinajstić information content (AvgIpc) is 3.37. The van der Waals surface area contributed by atoms with Crippen molar-refractivity contribution >= 4 is 48.5 Å². The monoisotopic (exact) mass is 538 g/mol. The van der Waals surface area contributed by atoms with Gasteiger partial charge in [-0.15, -0.1) is 0 Å². The number of rotatable bonds is 2. The molecule has 0 spiro atoms. The quantitative estimate of drug-likeness (QED) is 0.200. The smallest absolute Gasteiger partial charge is 0.0645 e. The summed E-state index contributed by atoms with van der Waals surface area (Å²) in [7, 11) is 0. The van der Waals surface area contributed by atoms with E-state index >= 15 is 0 Å². The molecule has 2 nitrogen and oxygen atoms in total. The lowest BCUT2D eigenvalue weighted by Crippen LogP contribution is -2.15. The van der Waals surface area contributed by atoms with Crippen molar-refractivity contribution in [1.29, 1.82) is 0 Å². The van der Waals surface area contributed by atoms with E-state index in [1.165, 1.54) is 66.0 Å². The first kappa shape index (κ1) is 21.2. The van der Waals surface area contributed by atoms with Crippen LogP contribution in [0.3, 0.4) is 0 Å². The maximum atomic E-state index is 4.44. The van der Waals surface area contributed by atoms with Crippen LogP contribution in [0.15, 0.2) is 108 Å². The molecule has 0 unspecified atom stereocenters. The van der Waals surface area contributed by atoms with Crippen LogP contribution in [0.4, 0.5) is 0 Å². The summed E-state index contributed by atoms with van der Waals surface area (Å²) in [6, 6.07) is 33.7. The van der Waals surface area contributed by atoms with E-state index in [2.05, 4.69) is 124 Å². The summed E-state index contributed by atoms with van der Waals surface area (Å²) < 4.78 is 3.50. The van der Waals surface area contributed by atoms with E-state index in [0.29, 0.717) is 0 Å². The van der Waals surface area contributed by atoms with E-state index in [4.69, 9.17) is 0 Å². The fourth-order valence-electron chi connectivity index (χ4n) is 6.51. The van der Waals surface area contributed by atoms with Crippen LogP contribution in [0.2, 0.25) is 0 Å². The highest BCUT2D eigenvalue weighted by Gasteiger charge is 2.35. The van der Waals surface area contributed by atoms with Gasteiger partial charge in [-0.1, -0.05) is 72.2 Å². The number of benzene rings is 5. The van der Waals surface area contributed by atoms with Gasteiger partial charge in [0.15, 0.2) is 0 Å². The molecule has 0 radical (unpaired) electrons. The summed E-state index contributed by atoms with van der Waals surface area (Å²) in [5.41, 5.74) is 11.4. The van der Waals surface area contributed by atoms with Gasteiger partial charge < -0.3 is 4.57 Å². The number of pyridine rings is 1. The molecule has 8 rings (SSSR count). The van der Waals surface area contributed by atoms with Crippen molar-refractivity contribution in [3.63, 3.8) is 0 Å². The minimum Gasteiger partial charge on any atom is -0.308 e. The average molecular weight is 539 g/mol. The molecule has 0 atom stereocenters. The molecule has 5 aromatic carbocycles. The van der Waals surface area contributed by atoms with E-state index in [0.717, 1.165) is 10.2 Å². The number of hydrogen-bond donors (Lipinski definition) is 0. The number of halogens is 1. The van der Waals surface area contributed by atoms with Crippen molar-refractivity contribution in [2.24, 2.45) is 0 Å². The zero-order chi connectivity index (χ0) is 24.9. The zero-order valence-electron chi connectivity index (χ0n) is 20.6. The number of fused-ring (bicyclic) bond motifs is 3. The van der Waals surface area contributed by atoms with Gasteiger partial charge in [-0.3, -0.25) is 4.98 Å². The molecule has 3 heteroatoms. The van der Waals surface area contributed by atoms with Gasteiger partial charge in [0, 0.05) is 26.9 Å². The van der Waals surface area contributed by atoms with Crippen LogP contribution in [0.1, 0.15) is 25.0 Å². The summed E-state index contributed by atoms with van der Waals surface area (Å²) in [6.07, 6.45) is 3.79. The van der Waals surface area contributed by atoms with Crippen LogP contribution in [0.5, 0.6) is 0 Å². The van der Waals surface area contributed by atoms with E-state index in [1.54, 1.807) is 0 Å². The van der Waals surface area contributed by atoms with E-state index in [-0.39, 0.29) is 5.41 Å². The Morgan fingerprint density at radius 3 is 2.30 bits per heavy atom. The molecule has 0 N–H and O–H groups in total. The highest BCUT2D eigenvalue weighted by atomic mass is 79.9. The van der Waals surface area contributed by atoms with Crippen LogP contribution in [0, 0.1) is 0 Å². The summed E-state index contributed by atoms with van der Waals surface area (Å²) in [6.45, 7) is 4.68. The number of nitrogens with zero attached hydrogens (tertiary/aromatic N) is 2. The van der Waals surface area contributed by atoms with Crippen molar-refractivity contribution < 1.29 is 0 Å². The van der Waals surface area contributed by atoms with Gasteiger partial charge >= 0.3 is 0 Å². The van der Waals surface area contributed by atoms with Gasteiger partial charge in [-0.2, -0.15) is 0 Å². The standard InChI is InChI=1S/C34H23BrN2/c1-34(2)28-16-21(10-12-26(28)27-13-11-24(35)18-29(27)34)23-15-22-9-8-20-5-3-7-30-32(20)33(22)31(17-23)37(30)25-6-4-14-36-19-25/h3-19H,1-2H3. The van der Waals surface area contributed by atoms with Crippen molar-refractivity contribution in [3.05, 3.63) is 119 Å². The van der Waals surface area contributed by atoms with Crippen molar-refractivity contribution in [2.75, 3.05) is 0 Å². The first-order valence-electron chi connectivity index (χ1n) is 12.7. The third-order valence-electron chi connectivity index (χ3n) is 8.27. The first-order chi connectivity index (χ1) is 18.0. The van der Waals surface area contributed by atoms with E-state index in [9.17, 15) is 0 Å². The van der Waals surface area contributed by atoms with E-state index < -0.39 is 0 Å². The lowest BCUT2D eigenvalue weighted by Gasteiger charge is -2.22. The largest absolute Gasteiger partial charge is 0.308 e. The lowest BCUT2D eigenvalue weighted by molar-refractivity contribution is 0.660. The Morgan fingerprint density at radius 1 is 0.676 bits per heavy atom. The molecule has 7 aromatic rings. The highest BCUT2D eigenvalue weighted by Crippen LogP contribution is 2.50. The van der Waals surface area contributed by atoms with Crippen molar-refractivity contribution in [1.82, 2.24) is 9.55 Å². The maximum absolute atomic E-state index is 4.44. The zero-order valence-corrected chi connectivity index (χ0v) is 22.2. The van der Waals surface area contributed by atoms with Crippen LogP contribution in [0.25, 0.3) is 60.5 Å². The predicted molar refractivity (Wildman–Crippen MR) is 158 cm³/mol. The van der Waals surface area contributed by atoms with Crippen LogP contribution in [-0.4, -0.2) is 9.55 Å². The van der Waals surface area contributed by atoms with Gasteiger partial charge in [-0.25, -0.2) is 0 Å². The molecule has 0 amide bonds. The molecule has 0 aliphatic heterocycles. The molecular formula is C34H23BrN2. The fourth-order valence-corrected chi connectivity index (χ4v) is 6.87. The van der Waals surface area contributed by atoms with Crippen LogP contribution < -0.4 is 0 Å². The molecule has 0 saturated heterocycles. The number of hydrogen-bond acceptors (Lipinski definition) is 1. The third kappa shape index (κ3) is 2.83. The topological polar surface area (TPSA) is 17.8 Å². The summed E-state index contributed by atoms with van der Waals surface area (Å²) in [5, 5.41) is 5.18. The molecule has 0 bridgehead atoms. The molecule has 0 fully saturated rings. The predicted octanol–water partition coefficient (Wildman–Crippen LogP) is 9.51. The van der Waals surface area contributed by atoms with Gasteiger partial charge in [0.1, 0.15) is 0 Å². The Morgan fingerprint density at radius 2 is 1.46 bits per heavy atom. The van der Waals surface area contributed by atoms with Gasteiger partial charge in [0.05, 0.1) is 22.9 Å².